The van der Waals surface area contributed by atoms with Crippen molar-refractivity contribution >= 4 is 52.1 Å². The molecule has 0 aliphatic carbocycles. The van der Waals surface area contributed by atoms with Gasteiger partial charge in [0.2, 0.25) is 5.91 Å². The Balaban J connectivity index is 2.33. The molecule has 0 spiro atoms. The van der Waals surface area contributed by atoms with Crippen LogP contribution in [0.2, 0.25) is 10.0 Å². The Hall–Kier alpha value is -3.01. The Bertz CT molecular complexity index is 918. The molecular weight excluding hydrogens is 375 g/mol. The molecular formula is C18H14Cl2N4O2. The lowest BCUT2D eigenvalue weighted by Crippen LogP contribution is -2.25. The molecule has 0 aromatic heterocycles. The van der Waals surface area contributed by atoms with E-state index in [2.05, 4.69) is 5.32 Å². The Morgan fingerprint density at radius 2 is 1.85 bits per heavy atom. The molecule has 0 heterocycles. The number of rotatable bonds is 4. The maximum atomic E-state index is 12.4. The predicted octanol–water partition coefficient (Wildman–Crippen LogP) is 3.97. The summed E-state index contributed by atoms with van der Waals surface area (Å²) in [5.41, 5.74) is 6.59. The molecule has 2 rings (SSSR count). The number of anilines is 3. The summed E-state index contributed by atoms with van der Waals surface area (Å²) in [4.78, 5) is 25.5. The van der Waals surface area contributed by atoms with Crippen LogP contribution in [0.3, 0.4) is 0 Å². The van der Waals surface area contributed by atoms with Gasteiger partial charge in [-0.3, -0.25) is 14.5 Å². The quantitative estimate of drug-likeness (QED) is 0.470. The predicted molar refractivity (Wildman–Crippen MR) is 103 cm³/mol. The molecule has 6 nitrogen and oxygen atoms in total. The molecule has 0 saturated heterocycles. The summed E-state index contributed by atoms with van der Waals surface area (Å²) < 4.78 is 0. The Morgan fingerprint density at radius 1 is 1.19 bits per heavy atom. The first-order valence-electron chi connectivity index (χ1n) is 7.36. The van der Waals surface area contributed by atoms with Gasteiger partial charge in [-0.2, -0.15) is 5.26 Å². The van der Waals surface area contributed by atoms with Gasteiger partial charge in [0.25, 0.3) is 5.91 Å². The number of carbonyl (C=O) groups is 2. The van der Waals surface area contributed by atoms with Gasteiger partial charge in [0.05, 0.1) is 15.7 Å². The van der Waals surface area contributed by atoms with E-state index in [0.29, 0.717) is 11.4 Å². The Morgan fingerprint density at radius 3 is 2.42 bits per heavy atom. The fourth-order valence-corrected chi connectivity index (χ4v) is 2.39. The van der Waals surface area contributed by atoms with Crippen molar-refractivity contribution in [3.05, 3.63) is 64.3 Å². The van der Waals surface area contributed by atoms with Gasteiger partial charge in [0, 0.05) is 24.5 Å². The third kappa shape index (κ3) is 4.54. The highest BCUT2D eigenvalue weighted by Gasteiger charge is 2.17. The van der Waals surface area contributed by atoms with Crippen LogP contribution in [0, 0.1) is 11.3 Å². The number of nitrogens with two attached hydrogens (primary N) is 1. The van der Waals surface area contributed by atoms with E-state index in [1.165, 1.54) is 11.8 Å². The number of hydrogen-bond acceptors (Lipinski definition) is 4. The number of halogens is 2. The Labute approximate surface area is 160 Å². The van der Waals surface area contributed by atoms with Crippen molar-refractivity contribution in [1.82, 2.24) is 0 Å². The first-order valence-corrected chi connectivity index (χ1v) is 8.11. The van der Waals surface area contributed by atoms with Gasteiger partial charge in [-0.15, -0.1) is 0 Å². The van der Waals surface area contributed by atoms with Crippen molar-refractivity contribution in [2.24, 2.45) is 0 Å². The molecule has 8 heteroatoms. The van der Waals surface area contributed by atoms with Crippen LogP contribution in [0.4, 0.5) is 17.1 Å². The van der Waals surface area contributed by atoms with E-state index in [1.807, 2.05) is 0 Å². The number of hydrogen-bond donors (Lipinski definition) is 2. The van der Waals surface area contributed by atoms with Crippen molar-refractivity contribution in [1.29, 1.82) is 5.26 Å². The van der Waals surface area contributed by atoms with Gasteiger partial charge in [-0.05, 0) is 36.4 Å². The van der Waals surface area contributed by atoms with E-state index in [0.717, 1.165) is 6.20 Å². The largest absolute Gasteiger partial charge is 0.399 e. The van der Waals surface area contributed by atoms with Crippen LogP contribution in [0.1, 0.15) is 6.92 Å². The SMILES string of the molecule is CC(=O)N(/C=C(/C#N)C(=O)Nc1cccc(Cl)c1Cl)c1ccc(N)cc1. The maximum Gasteiger partial charge on any atom is 0.267 e. The molecule has 3 N–H and O–H groups in total. The zero-order valence-corrected chi connectivity index (χ0v) is 15.2. The second-order valence-electron chi connectivity index (χ2n) is 5.19. The lowest BCUT2D eigenvalue weighted by molar-refractivity contribution is -0.116. The highest BCUT2D eigenvalue weighted by Crippen LogP contribution is 2.29. The number of carbonyl (C=O) groups excluding carboxylic acids is 2. The number of nitrogens with zero attached hydrogens (tertiary/aromatic N) is 2. The molecule has 0 saturated carbocycles. The normalized spacial score (nSPS) is 10.8. The van der Waals surface area contributed by atoms with E-state index in [4.69, 9.17) is 28.9 Å². The van der Waals surface area contributed by atoms with Crippen molar-refractivity contribution in [2.45, 2.75) is 6.92 Å². The molecule has 0 bridgehead atoms. The van der Waals surface area contributed by atoms with Gasteiger partial charge in [0.1, 0.15) is 11.6 Å². The molecule has 26 heavy (non-hydrogen) atoms. The van der Waals surface area contributed by atoms with Crippen LogP contribution in [0.15, 0.2) is 54.2 Å². The fraction of sp³-hybridized carbons (Fsp3) is 0.0556. The van der Waals surface area contributed by atoms with Gasteiger partial charge in [0.15, 0.2) is 0 Å². The zero-order valence-electron chi connectivity index (χ0n) is 13.7. The van der Waals surface area contributed by atoms with Crippen molar-refractivity contribution in [3.8, 4) is 6.07 Å². The highest BCUT2D eigenvalue weighted by molar-refractivity contribution is 6.44. The average Bonchev–Trinajstić information content (AvgIpc) is 2.60. The summed E-state index contributed by atoms with van der Waals surface area (Å²) >= 11 is 11.9. The van der Waals surface area contributed by atoms with Gasteiger partial charge in [-0.25, -0.2) is 0 Å². The van der Waals surface area contributed by atoms with Crippen LogP contribution < -0.4 is 16.0 Å². The second-order valence-corrected chi connectivity index (χ2v) is 5.98. The summed E-state index contributed by atoms with van der Waals surface area (Å²) in [6, 6.07) is 12.9. The molecule has 0 fully saturated rings. The lowest BCUT2D eigenvalue weighted by Gasteiger charge is -2.17. The highest BCUT2D eigenvalue weighted by atomic mass is 35.5. The second kappa shape index (κ2) is 8.39. The number of benzene rings is 2. The van der Waals surface area contributed by atoms with Crippen LogP contribution >= 0.6 is 23.2 Å². The van der Waals surface area contributed by atoms with Crippen LogP contribution in [-0.4, -0.2) is 11.8 Å². The van der Waals surface area contributed by atoms with Crippen LogP contribution in [0.5, 0.6) is 0 Å². The van der Waals surface area contributed by atoms with Gasteiger partial charge < -0.3 is 11.1 Å². The molecule has 132 valence electrons. The molecule has 2 aromatic rings. The van der Waals surface area contributed by atoms with Gasteiger partial charge >= 0.3 is 0 Å². The van der Waals surface area contributed by atoms with E-state index >= 15 is 0 Å². The van der Waals surface area contributed by atoms with Crippen molar-refractivity contribution in [3.63, 3.8) is 0 Å². The fourth-order valence-electron chi connectivity index (χ4n) is 2.04. The maximum absolute atomic E-state index is 12.4. The topological polar surface area (TPSA) is 99.2 Å². The van der Waals surface area contributed by atoms with E-state index in [-0.39, 0.29) is 27.2 Å². The molecule has 0 radical (unpaired) electrons. The molecule has 0 atom stereocenters. The van der Waals surface area contributed by atoms with Crippen molar-refractivity contribution in [2.75, 3.05) is 16.0 Å². The minimum atomic E-state index is -0.724. The summed E-state index contributed by atoms with van der Waals surface area (Å²) in [6.07, 6.45) is 1.15. The number of nitrogen functional groups attached to an aromatic ring is 1. The summed E-state index contributed by atoms with van der Waals surface area (Å²) in [5.74, 6) is -1.10. The van der Waals surface area contributed by atoms with E-state index in [9.17, 15) is 14.9 Å². The summed E-state index contributed by atoms with van der Waals surface area (Å²) in [5, 5.41) is 12.2. The Kier molecular flexibility index (Phi) is 6.23. The van der Waals surface area contributed by atoms with Gasteiger partial charge in [-0.1, -0.05) is 29.3 Å². The molecule has 0 aliphatic rings. The standard InChI is InChI=1S/C18H14Cl2N4O2/c1-11(25)24(14-7-5-13(22)6-8-14)10-12(9-21)18(26)23-16-4-2-3-15(19)17(16)20/h2-8,10H,22H2,1H3,(H,23,26)/b12-10-. The molecule has 2 aromatic carbocycles. The van der Waals surface area contributed by atoms with E-state index in [1.54, 1.807) is 48.5 Å². The third-order valence-electron chi connectivity index (χ3n) is 3.33. The monoisotopic (exact) mass is 388 g/mol. The molecule has 0 unspecified atom stereocenters. The first-order chi connectivity index (χ1) is 12.3. The first kappa shape index (κ1) is 19.3. The van der Waals surface area contributed by atoms with Crippen LogP contribution in [-0.2, 0) is 9.59 Å². The van der Waals surface area contributed by atoms with Crippen LogP contribution in [0.25, 0.3) is 0 Å². The number of nitriles is 1. The molecule has 0 aliphatic heterocycles. The zero-order chi connectivity index (χ0) is 19.3. The summed E-state index contributed by atoms with van der Waals surface area (Å²) in [7, 11) is 0. The number of nitrogens with one attached hydrogen (secondary N) is 1. The molecule has 2 amide bonds. The lowest BCUT2D eigenvalue weighted by atomic mass is 10.2. The third-order valence-corrected chi connectivity index (χ3v) is 4.15. The minimum absolute atomic E-state index is 0.154. The average molecular weight is 389 g/mol. The van der Waals surface area contributed by atoms with E-state index < -0.39 is 5.91 Å². The number of amides is 2. The smallest absolute Gasteiger partial charge is 0.267 e. The summed E-state index contributed by atoms with van der Waals surface area (Å²) in [6.45, 7) is 1.31. The minimum Gasteiger partial charge on any atom is -0.399 e. The van der Waals surface area contributed by atoms with Crippen molar-refractivity contribution < 1.29 is 9.59 Å².